The van der Waals surface area contributed by atoms with E-state index in [1.54, 1.807) is 13.1 Å². The first-order chi connectivity index (χ1) is 14.1. The average molecular weight is 410 g/mol. The van der Waals surface area contributed by atoms with E-state index in [2.05, 4.69) is 6.92 Å². The highest BCUT2D eigenvalue weighted by Gasteiger charge is 2.05. The van der Waals surface area contributed by atoms with Crippen LogP contribution in [0.5, 0.6) is 0 Å². The Kier molecular flexibility index (Phi) is 21.0. The van der Waals surface area contributed by atoms with E-state index in [-0.39, 0.29) is 5.97 Å². The third kappa shape index (κ3) is 21.5. The van der Waals surface area contributed by atoms with Crippen LogP contribution >= 0.6 is 0 Å². The van der Waals surface area contributed by atoms with Gasteiger partial charge in [0.25, 0.3) is 0 Å². The molecule has 0 rings (SSSR count). The van der Waals surface area contributed by atoms with Crippen molar-refractivity contribution in [2.75, 3.05) is 20.7 Å². The molecule has 0 aromatic rings. The van der Waals surface area contributed by atoms with Crippen molar-refractivity contribution in [3.05, 3.63) is 11.8 Å². The third-order valence-electron chi connectivity index (χ3n) is 5.50. The molecule has 172 valence electrons. The smallest absolute Gasteiger partial charge is 0.335 e. The molecule has 29 heavy (non-hydrogen) atoms. The van der Waals surface area contributed by atoms with Gasteiger partial charge in [-0.1, -0.05) is 116 Å². The van der Waals surface area contributed by atoms with Gasteiger partial charge in [-0.05, 0) is 13.3 Å². The van der Waals surface area contributed by atoms with Crippen LogP contribution in [0.25, 0.3) is 0 Å². The second-order valence-electron chi connectivity index (χ2n) is 8.92. The summed E-state index contributed by atoms with van der Waals surface area (Å²) in [5.41, 5.74) is 0.664. The van der Waals surface area contributed by atoms with Crippen LogP contribution in [0, 0.1) is 0 Å². The second-order valence-corrected chi connectivity index (χ2v) is 8.92. The van der Waals surface area contributed by atoms with Gasteiger partial charge >= 0.3 is 5.97 Å². The molecule has 0 N–H and O–H groups in total. The molecule has 0 bridgehead atoms. The maximum atomic E-state index is 11.7. The minimum atomic E-state index is -0.189. The van der Waals surface area contributed by atoms with E-state index in [1.165, 1.54) is 109 Å². The minimum absolute atomic E-state index is 0.189. The molecular weight excluding hydrogens is 358 g/mol. The maximum absolute atomic E-state index is 11.7. The van der Waals surface area contributed by atoms with Gasteiger partial charge in [-0.15, -0.1) is 0 Å². The summed E-state index contributed by atoms with van der Waals surface area (Å²) in [6.07, 6.45) is 26.5. The lowest BCUT2D eigenvalue weighted by atomic mass is 10.0. The first kappa shape index (κ1) is 28.0. The summed E-state index contributed by atoms with van der Waals surface area (Å²) in [4.78, 5) is 13.6. The molecule has 0 radical (unpaired) electrons. The highest BCUT2D eigenvalue weighted by molar-refractivity contribution is 5.87. The lowest BCUT2D eigenvalue weighted by Gasteiger charge is -2.08. The van der Waals surface area contributed by atoms with Crippen molar-refractivity contribution in [2.24, 2.45) is 0 Å². The molecule has 0 saturated heterocycles. The number of esters is 1. The number of nitrogens with zero attached hydrogens (tertiary/aromatic N) is 1. The lowest BCUT2D eigenvalue weighted by molar-refractivity contribution is -0.139. The van der Waals surface area contributed by atoms with Gasteiger partial charge < -0.3 is 9.64 Å². The molecule has 0 aliphatic heterocycles. The molecule has 0 heterocycles. The van der Waals surface area contributed by atoms with Gasteiger partial charge in [0.15, 0.2) is 0 Å². The molecule has 0 aliphatic carbocycles. The Morgan fingerprint density at radius 2 is 1.00 bits per heavy atom. The van der Waals surface area contributed by atoms with Crippen LogP contribution in [-0.2, 0) is 9.53 Å². The topological polar surface area (TPSA) is 29.5 Å². The Morgan fingerprint density at radius 3 is 1.34 bits per heavy atom. The standard InChI is InChI=1S/C26H51NO2/c1-5-6-7-8-9-10-11-12-13-14-15-16-17-18-19-20-21-22-23-29-26(28)25(2)24-27(3)4/h24H,5-23H2,1-4H3/b25-24+. The third-order valence-corrected chi connectivity index (χ3v) is 5.50. The fourth-order valence-electron chi connectivity index (χ4n) is 3.72. The first-order valence-corrected chi connectivity index (χ1v) is 12.6. The molecular formula is C26H51NO2. The monoisotopic (exact) mass is 409 g/mol. The predicted molar refractivity (Wildman–Crippen MR) is 127 cm³/mol. The van der Waals surface area contributed by atoms with E-state index in [1.807, 2.05) is 19.0 Å². The van der Waals surface area contributed by atoms with E-state index in [4.69, 9.17) is 4.74 Å². The number of carbonyl (C=O) groups is 1. The summed E-state index contributed by atoms with van der Waals surface area (Å²) in [5, 5.41) is 0. The fraction of sp³-hybridized carbons (Fsp3) is 0.885. The van der Waals surface area contributed by atoms with Crippen LogP contribution in [-0.4, -0.2) is 31.6 Å². The van der Waals surface area contributed by atoms with Gasteiger partial charge in [0.05, 0.1) is 6.61 Å². The molecule has 0 unspecified atom stereocenters. The summed E-state index contributed by atoms with van der Waals surface area (Å²) in [6, 6.07) is 0. The Morgan fingerprint density at radius 1 is 0.655 bits per heavy atom. The maximum Gasteiger partial charge on any atom is 0.335 e. The molecule has 0 aromatic heterocycles. The Balaban J connectivity index is 3.20. The van der Waals surface area contributed by atoms with Crippen molar-refractivity contribution in [1.29, 1.82) is 0 Å². The quantitative estimate of drug-likeness (QED) is 0.109. The van der Waals surface area contributed by atoms with Gasteiger partial charge in [-0.3, -0.25) is 0 Å². The van der Waals surface area contributed by atoms with Gasteiger partial charge in [0.2, 0.25) is 0 Å². The average Bonchev–Trinajstić information content (AvgIpc) is 2.69. The molecule has 0 atom stereocenters. The zero-order valence-corrected chi connectivity index (χ0v) is 20.3. The number of rotatable bonds is 21. The molecule has 0 aromatic carbocycles. The number of hydrogen-bond donors (Lipinski definition) is 0. The van der Waals surface area contributed by atoms with Crippen molar-refractivity contribution in [3.8, 4) is 0 Å². The molecule has 3 heteroatoms. The van der Waals surface area contributed by atoms with E-state index in [0.29, 0.717) is 12.2 Å². The summed E-state index contributed by atoms with van der Waals surface area (Å²) in [6.45, 7) is 4.64. The summed E-state index contributed by atoms with van der Waals surface area (Å²) < 4.78 is 5.30. The van der Waals surface area contributed by atoms with Gasteiger partial charge in [-0.2, -0.15) is 0 Å². The molecule has 0 saturated carbocycles. The minimum Gasteiger partial charge on any atom is -0.462 e. The summed E-state index contributed by atoms with van der Waals surface area (Å²) in [7, 11) is 3.82. The van der Waals surface area contributed by atoms with E-state index >= 15 is 0 Å². The van der Waals surface area contributed by atoms with Gasteiger partial charge in [-0.25, -0.2) is 4.79 Å². The SMILES string of the molecule is CCCCCCCCCCCCCCCCCCCCOC(=O)/C(C)=C/N(C)C. The fourth-order valence-corrected chi connectivity index (χ4v) is 3.72. The van der Waals surface area contributed by atoms with Crippen LogP contribution in [0.4, 0.5) is 0 Å². The molecule has 0 amide bonds. The predicted octanol–water partition coefficient (Wildman–Crippen LogP) is 8.04. The highest BCUT2D eigenvalue weighted by atomic mass is 16.5. The van der Waals surface area contributed by atoms with Crippen LogP contribution in [0.15, 0.2) is 11.8 Å². The van der Waals surface area contributed by atoms with Crippen molar-refractivity contribution in [3.63, 3.8) is 0 Å². The van der Waals surface area contributed by atoms with Crippen molar-refractivity contribution >= 4 is 5.97 Å². The number of hydrogen-bond acceptors (Lipinski definition) is 3. The molecule has 0 spiro atoms. The molecule has 3 nitrogen and oxygen atoms in total. The van der Waals surface area contributed by atoms with Crippen molar-refractivity contribution in [1.82, 2.24) is 4.90 Å². The zero-order valence-electron chi connectivity index (χ0n) is 20.3. The summed E-state index contributed by atoms with van der Waals surface area (Å²) >= 11 is 0. The number of unbranched alkanes of at least 4 members (excludes halogenated alkanes) is 17. The molecule has 0 fully saturated rings. The van der Waals surface area contributed by atoms with E-state index < -0.39 is 0 Å². The van der Waals surface area contributed by atoms with Gasteiger partial charge in [0.1, 0.15) is 0 Å². The van der Waals surface area contributed by atoms with E-state index in [0.717, 1.165) is 6.42 Å². The van der Waals surface area contributed by atoms with Crippen LogP contribution < -0.4 is 0 Å². The van der Waals surface area contributed by atoms with E-state index in [9.17, 15) is 4.79 Å². The normalized spacial score (nSPS) is 11.7. The number of ether oxygens (including phenoxy) is 1. The largest absolute Gasteiger partial charge is 0.462 e. The Bertz CT molecular complexity index is 390. The zero-order chi connectivity index (χ0) is 21.6. The van der Waals surface area contributed by atoms with Crippen LogP contribution in [0.2, 0.25) is 0 Å². The Hall–Kier alpha value is -0.990. The van der Waals surface area contributed by atoms with Crippen molar-refractivity contribution < 1.29 is 9.53 Å². The van der Waals surface area contributed by atoms with Crippen LogP contribution in [0.3, 0.4) is 0 Å². The Labute approximate surface area is 182 Å². The van der Waals surface area contributed by atoms with Gasteiger partial charge in [0, 0.05) is 25.9 Å². The second kappa shape index (κ2) is 21.7. The summed E-state index contributed by atoms with van der Waals surface area (Å²) in [5.74, 6) is -0.189. The lowest BCUT2D eigenvalue weighted by Crippen LogP contribution is -2.11. The first-order valence-electron chi connectivity index (χ1n) is 12.6. The van der Waals surface area contributed by atoms with Crippen LogP contribution in [0.1, 0.15) is 129 Å². The van der Waals surface area contributed by atoms with Crippen molar-refractivity contribution in [2.45, 2.75) is 129 Å². The number of carbonyl (C=O) groups excluding carboxylic acids is 1. The molecule has 0 aliphatic rings. The highest BCUT2D eigenvalue weighted by Crippen LogP contribution is 2.14.